The number of hydrogen-bond donors (Lipinski definition) is 1. The number of carbonyl (C=O) groups is 1. The Morgan fingerprint density at radius 1 is 1.24 bits per heavy atom. The average Bonchev–Trinajstić information content (AvgIpc) is 3.11. The van der Waals surface area contributed by atoms with E-state index in [2.05, 4.69) is 34.2 Å². The number of aryl methyl sites for hydroxylation is 3. The van der Waals surface area contributed by atoms with E-state index in [-0.39, 0.29) is 17.4 Å². The summed E-state index contributed by atoms with van der Waals surface area (Å²) in [6.07, 6.45) is 4.09. The molecular formula is C24H33N7O2. The molecule has 9 heteroatoms. The van der Waals surface area contributed by atoms with Gasteiger partial charge in [0.15, 0.2) is 11.5 Å². The fraction of sp³-hybridized carbons (Fsp3) is 0.542. The molecule has 4 rings (SSSR count). The van der Waals surface area contributed by atoms with Crippen LogP contribution in [0.25, 0.3) is 11.2 Å². The molecule has 1 N–H and O–H groups in total. The number of carbonyl (C=O) groups excluding carboxylic acids is 1. The highest BCUT2D eigenvalue weighted by molar-refractivity contribution is 5.79. The normalized spacial score (nSPS) is 16.4. The highest BCUT2D eigenvalue weighted by atomic mass is 16.2. The summed E-state index contributed by atoms with van der Waals surface area (Å²) in [4.78, 5) is 37.0. The summed E-state index contributed by atoms with van der Waals surface area (Å²) < 4.78 is 3.66. The highest BCUT2D eigenvalue weighted by Gasteiger charge is 2.28. The fourth-order valence-electron chi connectivity index (χ4n) is 4.80. The minimum Gasteiger partial charge on any atom is -0.355 e. The van der Waals surface area contributed by atoms with E-state index in [0.29, 0.717) is 36.6 Å². The molecule has 0 aromatic carbocycles. The van der Waals surface area contributed by atoms with E-state index < -0.39 is 0 Å². The molecule has 1 aliphatic rings. The van der Waals surface area contributed by atoms with Crippen molar-refractivity contribution in [2.45, 2.75) is 60.0 Å². The van der Waals surface area contributed by atoms with E-state index in [1.165, 1.54) is 5.56 Å². The van der Waals surface area contributed by atoms with Crippen LogP contribution in [0.1, 0.15) is 43.6 Å². The summed E-state index contributed by atoms with van der Waals surface area (Å²) in [6, 6.07) is 3.69. The number of rotatable bonds is 7. The van der Waals surface area contributed by atoms with Gasteiger partial charge in [-0.05, 0) is 64.7 Å². The highest BCUT2D eigenvalue weighted by Crippen LogP contribution is 2.21. The van der Waals surface area contributed by atoms with Crippen LogP contribution in [0, 0.1) is 19.8 Å². The van der Waals surface area contributed by atoms with Gasteiger partial charge in [-0.2, -0.15) is 5.10 Å². The Morgan fingerprint density at radius 3 is 2.79 bits per heavy atom. The van der Waals surface area contributed by atoms with Gasteiger partial charge in [0.2, 0.25) is 5.91 Å². The first-order chi connectivity index (χ1) is 15.9. The second-order valence-corrected chi connectivity index (χ2v) is 8.62. The van der Waals surface area contributed by atoms with Crippen LogP contribution in [-0.4, -0.2) is 49.9 Å². The van der Waals surface area contributed by atoms with Crippen molar-refractivity contribution in [1.82, 2.24) is 29.6 Å². The maximum Gasteiger partial charge on any atom is 0.295 e. The molecule has 9 nitrogen and oxygen atoms in total. The lowest BCUT2D eigenvalue weighted by molar-refractivity contribution is -0.125. The second-order valence-electron chi connectivity index (χ2n) is 8.62. The second kappa shape index (κ2) is 9.72. The maximum atomic E-state index is 13.1. The van der Waals surface area contributed by atoms with Crippen LogP contribution in [-0.2, 0) is 24.3 Å². The first-order valence-electron chi connectivity index (χ1n) is 11.9. The first-order valence-corrected chi connectivity index (χ1v) is 11.9. The monoisotopic (exact) mass is 451 g/mol. The maximum absolute atomic E-state index is 13.1. The minimum absolute atomic E-state index is 0.0381. The van der Waals surface area contributed by atoms with Crippen molar-refractivity contribution in [2.24, 2.45) is 5.92 Å². The molecule has 33 heavy (non-hydrogen) atoms. The third-order valence-electron chi connectivity index (χ3n) is 6.60. The molecular weight excluding hydrogens is 418 g/mol. The third kappa shape index (κ3) is 4.49. The molecule has 1 unspecified atom stereocenters. The van der Waals surface area contributed by atoms with Gasteiger partial charge in [0.1, 0.15) is 5.52 Å². The standard InChI is InChI=1S/C24H33N7O2/c1-5-30-21-20(10-7-12-25-21)27-22(24(30)33)29-14-8-9-18(15-29)23(32)26-13-11-19-16(3)28-31(6-2)17(19)4/h7,10,12,18H,5-6,8-9,11,13-15H2,1-4H3,(H,26,32). The summed E-state index contributed by atoms with van der Waals surface area (Å²) in [5.41, 5.74) is 4.53. The van der Waals surface area contributed by atoms with Gasteiger partial charge in [0, 0.05) is 44.6 Å². The quantitative estimate of drug-likeness (QED) is 0.592. The van der Waals surface area contributed by atoms with Gasteiger partial charge in [-0.15, -0.1) is 0 Å². The lowest BCUT2D eigenvalue weighted by Crippen LogP contribution is -2.46. The molecule has 3 aromatic rings. The summed E-state index contributed by atoms with van der Waals surface area (Å²) in [5.74, 6) is 0.282. The van der Waals surface area contributed by atoms with Crippen molar-refractivity contribution < 1.29 is 4.79 Å². The lowest BCUT2D eigenvalue weighted by Gasteiger charge is -2.32. The van der Waals surface area contributed by atoms with Crippen LogP contribution in [0.5, 0.6) is 0 Å². The molecule has 0 saturated carbocycles. The van der Waals surface area contributed by atoms with E-state index in [1.54, 1.807) is 10.8 Å². The largest absolute Gasteiger partial charge is 0.355 e. The van der Waals surface area contributed by atoms with Crippen LogP contribution in [0.15, 0.2) is 23.1 Å². The van der Waals surface area contributed by atoms with Gasteiger partial charge < -0.3 is 10.2 Å². The predicted octanol–water partition coefficient (Wildman–Crippen LogP) is 2.22. The van der Waals surface area contributed by atoms with Gasteiger partial charge in [-0.3, -0.25) is 18.8 Å². The number of aromatic nitrogens is 5. The van der Waals surface area contributed by atoms with Crippen LogP contribution in [0.4, 0.5) is 5.82 Å². The van der Waals surface area contributed by atoms with Crippen molar-refractivity contribution >= 4 is 22.9 Å². The molecule has 0 aliphatic carbocycles. The number of amides is 1. The van der Waals surface area contributed by atoms with Crippen LogP contribution in [0.2, 0.25) is 0 Å². The lowest BCUT2D eigenvalue weighted by atomic mass is 9.97. The minimum atomic E-state index is -0.166. The number of hydrogen-bond acceptors (Lipinski definition) is 6. The average molecular weight is 452 g/mol. The molecule has 1 saturated heterocycles. The molecule has 4 heterocycles. The number of nitrogens with one attached hydrogen (secondary N) is 1. The summed E-state index contributed by atoms with van der Waals surface area (Å²) in [5, 5.41) is 7.66. The number of anilines is 1. The van der Waals surface area contributed by atoms with E-state index in [1.807, 2.05) is 35.6 Å². The smallest absolute Gasteiger partial charge is 0.295 e. The number of pyridine rings is 1. The van der Waals surface area contributed by atoms with E-state index in [9.17, 15) is 9.59 Å². The van der Waals surface area contributed by atoms with Crippen molar-refractivity contribution in [1.29, 1.82) is 0 Å². The van der Waals surface area contributed by atoms with Gasteiger partial charge in [-0.1, -0.05) is 0 Å². The van der Waals surface area contributed by atoms with E-state index in [0.717, 1.165) is 43.7 Å². The molecule has 1 atom stereocenters. The number of nitrogens with zero attached hydrogens (tertiary/aromatic N) is 6. The summed E-state index contributed by atoms with van der Waals surface area (Å²) >= 11 is 0. The molecule has 3 aromatic heterocycles. The molecule has 1 aliphatic heterocycles. The van der Waals surface area contributed by atoms with E-state index in [4.69, 9.17) is 0 Å². The SMILES string of the molecule is CCn1nc(C)c(CCNC(=O)C2CCCN(c3nc4cccnc4n(CC)c3=O)C2)c1C. The van der Waals surface area contributed by atoms with Crippen molar-refractivity contribution in [3.63, 3.8) is 0 Å². The van der Waals surface area contributed by atoms with E-state index >= 15 is 0 Å². The van der Waals surface area contributed by atoms with Crippen molar-refractivity contribution in [3.05, 3.63) is 45.6 Å². The Bertz CT molecular complexity index is 1210. The molecule has 1 fully saturated rings. The van der Waals surface area contributed by atoms with Crippen molar-refractivity contribution in [2.75, 3.05) is 24.5 Å². The van der Waals surface area contributed by atoms with Gasteiger partial charge in [0.25, 0.3) is 5.56 Å². The Balaban J connectivity index is 1.45. The first kappa shape index (κ1) is 22.9. The predicted molar refractivity (Wildman–Crippen MR) is 128 cm³/mol. The number of piperidine rings is 1. The van der Waals surface area contributed by atoms with Crippen LogP contribution < -0.4 is 15.8 Å². The summed E-state index contributed by atoms with van der Waals surface area (Å²) in [7, 11) is 0. The van der Waals surface area contributed by atoms with Crippen molar-refractivity contribution in [3.8, 4) is 0 Å². The molecule has 0 spiro atoms. The van der Waals surface area contributed by atoms with Crippen LogP contribution in [0.3, 0.4) is 0 Å². The Hall–Kier alpha value is -3.23. The fourth-order valence-corrected chi connectivity index (χ4v) is 4.80. The van der Waals surface area contributed by atoms with Gasteiger partial charge in [-0.25, -0.2) is 9.97 Å². The third-order valence-corrected chi connectivity index (χ3v) is 6.60. The molecule has 1 amide bonds. The Morgan fingerprint density at radius 2 is 2.06 bits per heavy atom. The zero-order chi connectivity index (χ0) is 23.5. The summed E-state index contributed by atoms with van der Waals surface area (Å²) in [6.45, 7) is 11.3. The van der Waals surface area contributed by atoms with Gasteiger partial charge in [0.05, 0.1) is 11.6 Å². The molecule has 0 bridgehead atoms. The topological polar surface area (TPSA) is 97.9 Å². The number of fused-ring (bicyclic) bond motifs is 1. The molecule has 176 valence electrons. The molecule has 0 radical (unpaired) electrons. The Labute approximate surface area is 193 Å². The zero-order valence-electron chi connectivity index (χ0n) is 20.0. The Kier molecular flexibility index (Phi) is 6.76. The van der Waals surface area contributed by atoms with Gasteiger partial charge >= 0.3 is 0 Å². The zero-order valence-corrected chi connectivity index (χ0v) is 20.0. The van der Waals surface area contributed by atoms with Crippen LogP contribution >= 0.6 is 0 Å².